The number of aryl methyl sites for hydroxylation is 1. The Hall–Kier alpha value is -2.00. The van der Waals surface area contributed by atoms with Crippen LogP contribution in [0.5, 0.6) is 0 Å². The maximum absolute atomic E-state index is 5.28. The predicted octanol–water partition coefficient (Wildman–Crippen LogP) is 3.65. The van der Waals surface area contributed by atoms with Crippen molar-refractivity contribution in [1.82, 2.24) is 9.88 Å². The summed E-state index contributed by atoms with van der Waals surface area (Å²) >= 11 is 0. The molecule has 0 radical (unpaired) electrons. The lowest BCUT2D eigenvalue weighted by Crippen LogP contribution is -2.32. The fourth-order valence-corrected chi connectivity index (χ4v) is 3.38. The lowest BCUT2D eigenvalue weighted by molar-refractivity contribution is 0.260. The van der Waals surface area contributed by atoms with Crippen molar-refractivity contribution in [2.45, 2.75) is 19.4 Å². The summed E-state index contributed by atoms with van der Waals surface area (Å²) in [7, 11) is 2.18. The van der Waals surface area contributed by atoms with Crippen LogP contribution in [0.4, 0.5) is 0 Å². The fourth-order valence-electron chi connectivity index (χ4n) is 3.38. The second kappa shape index (κ2) is 4.25. The van der Waals surface area contributed by atoms with Gasteiger partial charge in [0.15, 0.2) is 0 Å². The molecule has 1 unspecified atom stereocenters. The molecule has 3 heterocycles. The van der Waals surface area contributed by atoms with Gasteiger partial charge in [-0.05, 0) is 43.7 Å². The Balaban J connectivity index is 1.95. The smallest absolute Gasteiger partial charge is 0.0954 e. The molecule has 0 aliphatic carbocycles. The highest BCUT2D eigenvalue weighted by Gasteiger charge is 2.29. The summed E-state index contributed by atoms with van der Waals surface area (Å²) in [5.74, 6) is 0. The van der Waals surface area contributed by atoms with Crippen LogP contribution in [0.1, 0.15) is 28.4 Å². The number of likely N-dealkylation sites (N-methyl/N-ethyl adjacent to an activating group) is 1. The highest BCUT2D eigenvalue weighted by Crippen LogP contribution is 2.37. The van der Waals surface area contributed by atoms with E-state index in [1.54, 1.807) is 6.26 Å². The molecule has 0 bridgehead atoms. The maximum Gasteiger partial charge on any atom is 0.0954 e. The average Bonchev–Trinajstić information content (AvgIpc) is 3.04. The van der Waals surface area contributed by atoms with Gasteiger partial charge in [-0.3, -0.25) is 4.90 Å². The zero-order valence-corrected chi connectivity index (χ0v) is 11.8. The van der Waals surface area contributed by atoms with Crippen LogP contribution in [0.3, 0.4) is 0 Å². The van der Waals surface area contributed by atoms with E-state index in [9.17, 15) is 0 Å². The van der Waals surface area contributed by atoms with Gasteiger partial charge >= 0.3 is 0 Å². The molecule has 1 N–H and O–H groups in total. The van der Waals surface area contributed by atoms with Crippen molar-refractivity contribution in [3.8, 4) is 0 Å². The van der Waals surface area contributed by atoms with Crippen molar-refractivity contribution >= 4 is 10.9 Å². The van der Waals surface area contributed by atoms with Crippen molar-refractivity contribution in [3.05, 3.63) is 59.2 Å². The van der Waals surface area contributed by atoms with Gasteiger partial charge < -0.3 is 9.40 Å². The van der Waals surface area contributed by atoms with Crippen molar-refractivity contribution in [3.63, 3.8) is 0 Å². The summed E-state index contributed by atoms with van der Waals surface area (Å²) in [4.78, 5) is 6.03. The number of H-pyrrole nitrogens is 1. The lowest BCUT2D eigenvalue weighted by Gasteiger charge is -2.32. The van der Waals surface area contributed by atoms with Gasteiger partial charge in [0.05, 0.1) is 18.6 Å². The van der Waals surface area contributed by atoms with Crippen LogP contribution in [-0.4, -0.2) is 23.5 Å². The average molecular weight is 266 g/mol. The lowest BCUT2D eigenvalue weighted by atomic mass is 9.94. The molecular formula is C17H18N2O. The van der Waals surface area contributed by atoms with Crippen molar-refractivity contribution in [2.24, 2.45) is 0 Å². The van der Waals surface area contributed by atoms with Gasteiger partial charge in [-0.1, -0.05) is 12.1 Å². The summed E-state index contributed by atoms with van der Waals surface area (Å²) in [6.07, 6.45) is 4.71. The van der Waals surface area contributed by atoms with E-state index in [1.807, 2.05) is 6.26 Å². The van der Waals surface area contributed by atoms with Gasteiger partial charge in [-0.2, -0.15) is 0 Å². The minimum Gasteiger partial charge on any atom is -0.472 e. The largest absolute Gasteiger partial charge is 0.472 e. The minimum atomic E-state index is 0.269. The van der Waals surface area contributed by atoms with E-state index in [-0.39, 0.29) is 6.04 Å². The van der Waals surface area contributed by atoms with E-state index < -0.39 is 0 Å². The first-order valence-corrected chi connectivity index (χ1v) is 7.07. The first-order chi connectivity index (χ1) is 9.74. The Labute approximate surface area is 118 Å². The summed E-state index contributed by atoms with van der Waals surface area (Å²) in [5.41, 5.74) is 6.55. The molecule has 1 aliphatic rings. The molecule has 1 aliphatic heterocycles. The molecule has 1 atom stereocenters. The second-order valence-electron chi connectivity index (χ2n) is 5.76. The molecule has 0 amide bonds. The summed E-state index contributed by atoms with van der Waals surface area (Å²) in [6.45, 7) is 3.21. The molecule has 0 spiro atoms. The quantitative estimate of drug-likeness (QED) is 0.729. The summed E-state index contributed by atoms with van der Waals surface area (Å²) in [6, 6.07) is 9.01. The Morgan fingerprint density at radius 1 is 1.30 bits per heavy atom. The van der Waals surface area contributed by atoms with E-state index in [0.29, 0.717) is 0 Å². The Bertz CT molecular complexity index is 755. The number of aromatic nitrogens is 1. The third-order valence-corrected chi connectivity index (χ3v) is 4.38. The van der Waals surface area contributed by atoms with Crippen LogP contribution in [0.2, 0.25) is 0 Å². The van der Waals surface area contributed by atoms with Crippen LogP contribution in [-0.2, 0) is 6.42 Å². The molecule has 0 fully saturated rings. The number of fused-ring (bicyclic) bond motifs is 3. The SMILES string of the molecule is Cc1ccc2c3c([nH]c2c1)C(c1ccoc1)N(C)CC3. The Morgan fingerprint density at radius 3 is 3.00 bits per heavy atom. The van der Waals surface area contributed by atoms with E-state index >= 15 is 0 Å². The van der Waals surface area contributed by atoms with E-state index in [4.69, 9.17) is 4.42 Å². The third-order valence-electron chi connectivity index (χ3n) is 4.38. The molecule has 0 saturated heterocycles. The van der Waals surface area contributed by atoms with Gasteiger partial charge in [0, 0.05) is 28.7 Å². The summed E-state index contributed by atoms with van der Waals surface area (Å²) in [5, 5.41) is 1.37. The van der Waals surface area contributed by atoms with Crippen molar-refractivity contribution in [1.29, 1.82) is 0 Å². The molecule has 0 saturated carbocycles. The number of hydrogen-bond donors (Lipinski definition) is 1. The Kier molecular flexibility index (Phi) is 2.51. The molecule has 102 valence electrons. The van der Waals surface area contributed by atoms with Gasteiger partial charge in [-0.25, -0.2) is 0 Å². The first-order valence-electron chi connectivity index (χ1n) is 7.07. The van der Waals surface area contributed by atoms with Crippen LogP contribution >= 0.6 is 0 Å². The third kappa shape index (κ3) is 1.63. The molecule has 3 nitrogen and oxygen atoms in total. The number of nitrogens with zero attached hydrogens (tertiary/aromatic N) is 1. The van der Waals surface area contributed by atoms with E-state index in [1.165, 1.54) is 33.3 Å². The molecule has 20 heavy (non-hydrogen) atoms. The predicted molar refractivity (Wildman–Crippen MR) is 79.9 cm³/mol. The van der Waals surface area contributed by atoms with Crippen LogP contribution in [0.25, 0.3) is 10.9 Å². The molecule has 1 aromatic carbocycles. The van der Waals surface area contributed by atoms with Gasteiger partial charge in [0.25, 0.3) is 0 Å². The first kappa shape index (κ1) is 11.8. The van der Waals surface area contributed by atoms with Gasteiger partial charge in [-0.15, -0.1) is 0 Å². The zero-order valence-electron chi connectivity index (χ0n) is 11.8. The topological polar surface area (TPSA) is 32.2 Å². The molecule has 4 rings (SSSR count). The highest BCUT2D eigenvalue weighted by atomic mass is 16.3. The molecular weight excluding hydrogens is 248 g/mol. The standard InChI is InChI=1S/C17H18N2O/c1-11-3-4-13-14-5-7-19(2)17(12-6-8-20-10-12)16(14)18-15(13)9-11/h3-4,6,8-10,17-18H,5,7H2,1-2H3. The number of rotatable bonds is 1. The number of hydrogen-bond acceptors (Lipinski definition) is 2. The Morgan fingerprint density at radius 2 is 2.20 bits per heavy atom. The fraction of sp³-hybridized carbons (Fsp3) is 0.294. The number of aromatic amines is 1. The number of furan rings is 1. The monoisotopic (exact) mass is 266 g/mol. The van der Waals surface area contributed by atoms with Gasteiger partial charge in [0.2, 0.25) is 0 Å². The van der Waals surface area contributed by atoms with Crippen molar-refractivity contribution < 1.29 is 4.42 Å². The van der Waals surface area contributed by atoms with E-state index in [0.717, 1.165) is 13.0 Å². The number of benzene rings is 1. The minimum absolute atomic E-state index is 0.269. The summed E-state index contributed by atoms with van der Waals surface area (Å²) < 4.78 is 5.28. The van der Waals surface area contributed by atoms with Gasteiger partial charge in [0.1, 0.15) is 0 Å². The molecule has 3 heteroatoms. The zero-order chi connectivity index (χ0) is 13.7. The van der Waals surface area contributed by atoms with E-state index in [2.05, 4.69) is 48.1 Å². The maximum atomic E-state index is 5.28. The van der Waals surface area contributed by atoms with Crippen LogP contribution in [0.15, 0.2) is 41.2 Å². The second-order valence-corrected chi connectivity index (χ2v) is 5.76. The highest BCUT2D eigenvalue weighted by molar-refractivity contribution is 5.86. The number of nitrogens with one attached hydrogen (secondary N) is 1. The van der Waals surface area contributed by atoms with Crippen LogP contribution < -0.4 is 0 Å². The normalized spacial score (nSPS) is 19.4. The molecule has 3 aromatic rings. The van der Waals surface area contributed by atoms with Crippen molar-refractivity contribution in [2.75, 3.05) is 13.6 Å². The van der Waals surface area contributed by atoms with Crippen LogP contribution in [0, 0.1) is 6.92 Å². The molecule has 2 aromatic heterocycles.